The number of hydrogen-bond acceptors (Lipinski definition) is 6. The second kappa shape index (κ2) is 13.2. The summed E-state index contributed by atoms with van der Waals surface area (Å²) in [7, 11) is 0. The van der Waals surface area contributed by atoms with E-state index in [0.29, 0.717) is 37.6 Å². The lowest BCUT2D eigenvalue weighted by Crippen LogP contribution is -2.39. The highest BCUT2D eigenvalue weighted by Gasteiger charge is 2.31. The summed E-state index contributed by atoms with van der Waals surface area (Å²) in [5.41, 5.74) is 3.51. The first-order valence-corrected chi connectivity index (χ1v) is 12.9. The molecule has 0 aliphatic heterocycles. The average Bonchev–Trinajstić information content (AvgIpc) is 3.40. The van der Waals surface area contributed by atoms with Crippen molar-refractivity contribution in [2.24, 2.45) is 0 Å². The predicted octanol–water partition coefficient (Wildman–Crippen LogP) is 5.28. The molecule has 2 amide bonds. The lowest BCUT2D eigenvalue weighted by Gasteiger charge is -2.09. The fourth-order valence-electron chi connectivity index (χ4n) is 3.60. The fraction of sp³-hybridized carbons (Fsp3) is 0.222. The topological polar surface area (TPSA) is 93.1 Å². The number of hydrogen-bond donors (Lipinski definition) is 3. The van der Waals surface area contributed by atoms with Crippen LogP contribution >= 0.6 is 11.9 Å². The van der Waals surface area contributed by atoms with Crippen LogP contribution in [0.3, 0.4) is 0 Å². The summed E-state index contributed by atoms with van der Waals surface area (Å²) >= 11 is 1.54. The summed E-state index contributed by atoms with van der Waals surface area (Å²) in [5, 5.41) is 10.1. The van der Waals surface area contributed by atoms with Gasteiger partial charge in [0.15, 0.2) is 5.82 Å². The number of nitrogens with zero attached hydrogens (tertiary/aromatic N) is 3. The molecule has 1 heterocycles. The molecule has 0 atom stereocenters. The number of halogens is 3. The summed E-state index contributed by atoms with van der Waals surface area (Å²) in [6.07, 6.45) is -2.64. The number of carbonyl (C=O) groups excluding carboxylic acids is 1. The summed E-state index contributed by atoms with van der Waals surface area (Å²) < 4.78 is 45.7. The molecule has 204 valence electrons. The third kappa shape index (κ3) is 8.76. The lowest BCUT2D eigenvalue weighted by atomic mass is 10.1. The third-order valence-electron chi connectivity index (χ3n) is 5.50. The second-order valence-electron chi connectivity index (χ2n) is 8.45. The zero-order valence-electron chi connectivity index (χ0n) is 21.0. The number of amides is 2. The minimum Gasteiger partial charge on any atom is -0.406 e. The van der Waals surface area contributed by atoms with Gasteiger partial charge in [-0.1, -0.05) is 36.4 Å². The molecule has 0 unspecified atom stereocenters. The summed E-state index contributed by atoms with van der Waals surface area (Å²) in [5.74, 6) is 0.157. The van der Waals surface area contributed by atoms with Crippen LogP contribution in [-0.2, 0) is 6.42 Å². The molecule has 0 saturated heterocycles. The Balaban J connectivity index is 1.21. The predicted molar refractivity (Wildman–Crippen MR) is 144 cm³/mol. The molecule has 4 rings (SSSR count). The van der Waals surface area contributed by atoms with Crippen molar-refractivity contribution in [2.75, 3.05) is 19.6 Å². The van der Waals surface area contributed by atoms with Gasteiger partial charge in [0.25, 0.3) is 0 Å². The van der Waals surface area contributed by atoms with Gasteiger partial charge in [-0.3, -0.25) is 4.72 Å². The molecule has 8 nitrogen and oxygen atoms in total. The number of rotatable bonds is 11. The van der Waals surface area contributed by atoms with E-state index in [1.807, 2.05) is 42.5 Å². The average molecular weight is 557 g/mol. The first-order valence-electron chi connectivity index (χ1n) is 12.1. The van der Waals surface area contributed by atoms with Crippen molar-refractivity contribution < 1.29 is 22.7 Å². The second-order valence-corrected chi connectivity index (χ2v) is 9.38. The van der Waals surface area contributed by atoms with E-state index in [9.17, 15) is 18.0 Å². The minimum absolute atomic E-state index is 0.235. The Morgan fingerprint density at radius 1 is 0.974 bits per heavy atom. The Bertz CT molecular complexity index is 1380. The monoisotopic (exact) mass is 556 g/mol. The Hall–Kier alpha value is -4.03. The minimum atomic E-state index is -4.75. The standard InChI is InChI=1S/C27H27F3N6O2S/c1-19-5-2-3-8-24(19)39-34-16-15-32-26(37)31-14-13-20-6-4-7-21(17-20)25-33-18-36(35-25)22-9-11-23(12-10-22)38-27(28,29)30/h2-12,17-18,34H,13-16H2,1H3,(H2,31,32,37). The molecular formula is C27H27F3N6O2S. The molecule has 0 aliphatic carbocycles. The summed E-state index contributed by atoms with van der Waals surface area (Å²) in [4.78, 5) is 17.6. The van der Waals surface area contributed by atoms with Crippen LogP contribution in [0, 0.1) is 6.92 Å². The quantitative estimate of drug-likeness (QED) is 0.172. The number of urea groups is 1. The van der Waals surface area contributed by atoms with E-state index in [1.165, 1.54) is 52.8 Å². The van der Waals surface area contributed by atoms with Crippen LogP contribution in [-0.4, -0.2) is 46.8 Å². The molecule has 3 aromatic carbocycles. The summed E-state index contributed by atoms with van der Waals surface area (Å²) in [6, 6.07) is 20.8. The zero-order chi connectivity index (χ0) is 27.7. The van der Waals surface area contributed by atoms with Gasteiger partial charge in [-0.15, -0.1) is 18.3 Å². The molecule has 0 fully saturated rings. The maximum atomic E-state index is 12.4. The smallest absolute Gasteiger partial charge is 0.406 e. The van der Waals surface area contributed by atoms with E-state index in [4.69, 9.17) is 0 Å². The van der Waals surface area contributed by atoms with Gasteiger partial charge in [0.05, 0.1) is 5.69 Å². The lowest BCUT2D eigenvalue weighted by molar-refractivity contribution is -0.274. The number of carbonyl (C=O) groups is 1. The Labute approximate surface area is 228 Å². The molecule has 1 aromatic heterocycles. The van der Waals surface area contributed by atoms with Gasteiger partial charge < -0.3 is 15.4 Å². The van der Waals surface area contributed by atoms with E-state index in [0.717, 1.165) is 16.0 Å². The van der Waals surface area contributed by atoms with Crippen LogP contribution in [0.15, 0.2) is 84.0 Å². The van der Waals surface area contributed by atoms with Crippen molar-refractivity contribution in [1.82, 2.24) is 30.1 Å². The first kappa shape index (κ1) is 28.0. The first-order chi connectivity index (χ1) is 18.8. The van der Waals surface area contributed by atoms with Crippen LogP contribution in [0.4, 0.5) is 18.0 Å². The molecule has 0 bridgehead atoms. The van der Waals surface area contributed by atoms with Crippen molar-refractivity contribution in [2.45, 2.75) is 24.6 Å². The number of ether oxygens (including phenoxy) is 1. The van der Waals surface area contributed by atoms with E-state index in [1.54, 1.807) is 0 Å². The third-order valence-corrected chi connectivity index (χ3v) is 6.53. The maximum absolute atomic E-state index is 12.4. The highest BCUT2D eigenvalue weighted by Crippen LogP contribution is 2.24. The fourth-order valence-corrected chi connectivity index (χ4v) is 4.33. The SMILES string of the molecule is Cc1ccccc1SNCCNC(=O)NCCc1cccc(-c2ncn(-c3ccc(OC(F)(F)F)cc3)n2)c1. The number of alkyl halides is 3. The van der Waals surface area contributed by atoms with Gasteiger partial charge in [0.1, 0.15) is 12.1 Å². The Kier molecular flexibility index (Phi) is 9.45. The highest BCUT2D eigenvalue weighted by atomic mass is 32.2. The number of aromatic nitrogens is 3. The summed E-state index contributed by atoms with van der Waals surface area (Å²) in [6.45, 7) is 3.62. The molecule has 0 radical (unpaired) electrons. The molecule has 3 N–H and O–H groups in total. The van der Waals surface area contributed by atoms with Gasteiger partial charge in [-0.05, 0) is 72.8 Å². The zero-order valence-corrected chi connectivity index (χ0v) is 21.9. The molecule has 12 heteroatoms. The number of benzene rings is 3. The van der Waals surface area contributed by atoms with Gasteiger partial charge >= 0.3 is 12.4 Å². The molecule has 0 spiro atoms. The molecule has 0 aliphatic rings. The molecule has 4 aromatic rings. The van der Waals surface area contributed by atoms with Crippen molar-refractivity contribution in [3.05, 3.63) is 90.3 Å². The number of aryl methyl sites for hydroxylation is 1. The van der Waals surface area contributed by atoms with Gasteiger partial charge in [-0.2, -0.15) is 0 Å². The Morgan fingerprint density at radius 2 is 1.74 bits per heavy atom. The van der Waals surface area contributed by atoms with E-state index < -0.39 is 6.36 Å². The maximum Gasteiger partial charge on any atom is 0.573 e. The van der Waals surface area contributed by atoms with Gasteiger partial charge in [0.2, 0.25) is 0 Å². The van der Waals surface area contributed by atoms with E-state index in [-0.39, 0.29) is 11.8 Å². The van der Waals surface area contributed by atoms with Crippen LogP contribution in [0.2, 0.25) is 0 Å². The van der Waals surface area contributed by atoms with E-state index in [2.05, 4.69) is 43.2 Å². The molecule has 0 saturated carbocycles. The van der Waals surface area contributed by atoms with Gasteiger partial charge in [0, 0.05) is 30.1 Å². The largest absolute Gasteiger partial charge is 0.573 e. The van der Waals surface area contributed by atoms with Crippen LogP contribution in [0.1, 0.15) is 11.1 Å². The normalized spacial score (nSPS) is 11.3. The van der Waals surface area contributed by atoms with Crippen LogP contribution in [0.25, 0.3) is 17.1 Å². The van der Waals surface area contributed by atoms with Gasteiger partial charge in [-0.25, -0.2) is 14.5 Å². The van der Waals surface area contributed by atoms with Crippen LogP contribution in [0.5, 0.6) is 5.75 Å². The van der Waals surface area contributed by atoms with Crippen LogP contribution < -0.4 is 20.1 Å². The molecule has 39 heavy (non-hydrogen) atoms. The van der Waals surface area contributed by atoms with Crippen molar-refractivity contribution in [1.29, 1.82) is 0 Å². The highest BCUT2D eigenvalue weighted by molar-refractivity contribution is 7.97. The van der Waals surface area contributed by atoms with Crippen molar-refractivity contribution in [3.8, 4) is 22.8 Å². The van der Waals surface area contributed by atoms with E-state index >= 15 is 0 Å². The van der Waals surface area contributed by atoms with Crippen molar-refractivity contribution in [3.63, 3.8) is 0 Å². The molecular weight excluding hydrogens is 529 g/mol. The number of nitrogens with one attached hydrogen (secondary N) is 3. The Morgan fingerprint density at radius 3 is 2.51 bits per heavy atom. The van der Waals surface area contributed by atoms with Crippen molar-refractivity contribution >= 4 is 18.0 Å².